The first-order valence-electron chi connectivity index (χ1n) is 8.62. The summed E-state index contributed by atoms with van der Waals surface area (Å²) in [6.07, 6.45) is 0. The van der Waals surface area contributed by atoms with E-state index >= 15 is 0 Å². The highest BCUT2D eigenvalue weighted by molar-refractivity contribution is 8.00. The molecule has 2 aliphatic heterocycles. The summed E-state index contributed by atoms with van der Waals surface area (Å²) in [7, 11) is 0. The van der Waals surface area contributed by atoms with E-state index in [2.05, 4.69) is 22.0 Å². The van der Waals surface area contributed by atoms with Crippen molar-refractivity contribution in [3.05, 3.63) is 34.5 Å². The van der Waals surface area contributed by atoms with Crippen LogP contribution in [-0.4, -0.2) is 73.4 Å². The number of aromatic nitrogens is 1. The van der Waals surface area contributed by atoms with Gasteiger partial charge in [0.05, 0.1) is 0 Å². The van der Waals surface area contributed by atoms with Gasteiger partial charge in [-0.05, 0) is 6.92 Å². The predicted molar refractivity (Wildman–Crippen MR) is 110 cm³/mol. The van der Waals surface area contributed by atoms with Gasteiger partial charge in [0, 0.05) is 22.3 Å². The summed E-state index contributed by atoms with van der Waals surface area (Å²) in [5.41, 5.74) is 5.23. The lowest BCUT2D eigenvalue weighted by atomic mass is 10.0. The molecule has 12 nitrogen and oxygen atoms in total. The highest BCUT2D eigenvalue weighted by Crippen LogP contribution is 2.40. The van der Waals surface area contributed by atoms with E-state index in [-0.39, 0.29) is 40.0 Å². The molecule has 2 aliphatic rings. The molecule has 0 radical (unpaired) electrons. The maximum absolute atomic E-state index is 12.6. The van der Waals surface area contributed by atoms with E-state index in [4.69, 9.17) is 10.5 Å². The molecule has 0 aliphatic carbocycles. The number of nitrogens with one attached hydrogen (secondary N) is 1. The summed E-state index contributed by atoms with van der Waals surface area (Å²) in [6.45, 7) is 4.60. The lowest BCUT2D eigenvalue weighted by molar-refractivity contribution is -0.150. The molecule has 0 aromatic carbocycles. The fourth-order valence-electron chi connectivity index (χ4n) is 2.89. The quantitative estimate of drug-likeness (QED) is 0.104. The Morgan fingerprint density at radius 1 is 1.48 bits per heavy atom. The first-order valence-corrected chi connectivity index (χ1v) is 10.6. The maximum atomic E-state index is 12.6. The Hall–Kier alpha value is -3.39. The molecule has 3 rings (SSSR count). The fraction of sp³-hybridized carbons (Fsp3) is 0.294. The van der Waals surface area contributed by atoms with Crippen molar-refractivity contribution in [1.29, 1.82) is 0 Å². The van der Waals surface area contributed by atoms with E-state index in [0.717, 1.165) is 16.2 Å². The van der Waals surface area contributed by atoms with Crippen molar-refractivity contribution in [2.24, 2.45) is 5.16 Å². The van der Waals surface area contributed by atoms with Crippen molar-refractivity contribution in [1.82, 2.24) is 15.2 Å². The number of hydrogen-bond donors (Lipinski definition) is 4. The second-order valence-corrected chi connectivity index (χ2v) is 8.49. The number of thioether (sulfide) groups is 1. The van der Waals surface area contributed by atoms with E-state index in [9.17, 15) is 29.5 Å². The molecule has 1 aromatic rings. The number of nitrogens with two attached hydrogens (primary N) is 1. The summed E-state index contributed by atoms with van der Waals surface area (Å²) < 4.78 is 5.01. The molecule has 1 aromatic heterocycles. The number of amides is 2. The maximum Gasteiger partial charge on any atom is 0.352 e. The molecule has 5 N–H and O–H groups in total. The first-order chi connectivity index (χ1) is 14.6. The smallest absolute Gasteiger partial charge is 0.352 e. The Labute approximate surface area is 183 Å². The van der Waals surface area contributed by atoms with Crippen molar-refractivity contribution in [2.75, 3.05) is 18.1 Å². The zero-order valence-electron chi connectivity index (χ0n) is 16.0. The van der Waals surface area contributed by atoms with Gasteiger partial charge in [-0.2, -0.15) is 0 Å². The third-order valence-corrected chi connectivity index (χ3v) is 6.36. The van der Waals surface area contributed by atoms with Gasteiger partial charge in [-0.15, -0.1) is 23.1 Å². The summed E-state index contributed by atoms with van der Waals surface area (Å²) in [5, 5.41) is 25.0. The number of fused-ring (bicyclic) bond motifs is 1. The molecule has 2 atom stereocenters. The number of esters is 1. The van der Waals surface area contributed by atoms with Crippen LogP contribution >= 0.6 is 23.1 Å². The topological polar surface area (TPSA) is 185 Å². The van der Waals surface area contributed by atoms with Gasteiger partial charge >= 0.3 is 11.9 Å². The Balaban J connectivity index is 1.74. The normalized spacial score (nSPS) is 20.6. The molecular formula is C17H17N5O7S2. The van der Waals surface area contributed by atoms with Gasteiger partial charge in [0.15, 0.2) is 10.8 Å². The number of rotatable bonds is 7. The van der Waals surface area contributed by atoms with Crippen molar-refractivity contribution in [3.8, 4) is 0 Å². The van der Waals surface area contributed by atoms with Gasteiger partial charge in [-0.25, -0.2) is 14.6 Å². The predicted octanol–water partition coefficient (Wildman–Crippen LogP) is -0.238. The number of thiazole rings is 1. The zero-order chi connectivity index (χ0) is 22.9. The van der Waals surface area contributed by atoms with Gasteiger partial charge in [0.1, 0.15) is 29.4 Å². The molecule has 0 saturated carbocycles. The molecule has 1 unspecified atom stereocenters. The highest BCUT2D eigenvalue weighted by atomic mass is 32.2. The Bertz CT molecular complexity index is 1050. The number of β-lactam (4-membered cyclic amide) rings is 1. The van der Waals surface area contributed by atoms with Gasteiger partial charge in [0.25, 0.3) is 11.8 Å². The number of nitrogens with zero attached hydrogens (tertiary/aromatic N) is 3. The summed E-state index contributed by atoms with van der Waals surface area (Å²) in [4.78, 5) is 53.4. The molecule has 164 valence electrons. The van der Waals surface area contributed by atoms with E-state index in [1.165, 1.54) is 24.1 Å². The van der Waals surface area contributed by atoms with E-state index < -0.39 is 40.9 Å². The van der Waals surface area contributed by atoms with Crippen molar-refractivity contribution < 1.29 is 34.2 Å². The average Bonchev–Trinajstić information content (AvgIpc) is 3.15. The average molecular weight is 467 g/mol. The lowest BCUT2D eigenvalue weighted by Gasteiger charge is -2.49. The van der Waals surface area contributed by atoms with Crippen LogP contribution in [0.1, 0.15) is 12.6 Å². The number of carbonyl (C=O) groups is 4. The van der Waals surface area contributed by atoms with Crippen LogP contribution in [0, 0.1) is 0 Å². The molecule has 14 heteroatoms. The molecule has 0 bridgehead atoms. The second kappa shape index (κ2) is 8.77. The van der Waals surface area contributed by atoms with E-state index in [1.54, 1.807) is 0 Å². The minimum absolute atomic E-state index is 0.0372. The number of carboxylic acid groups (broad SMARTS) is 1. The van der Waals surface area contributed by atoms with Gasteiger partial charge in [0.2, 0.25) is 0 Å². The van der Waals surface area contributed by atoms with Gasteiger partial charge < -0.3 is 26.1 Å². The van der Waals surface area contributed by atoms with Crippen molar-refractivity contribution in [3.63, 3.8) is 0 Å². The standard InChI is InChI=1S/C17H17N5O7S2/c1-6(2)16(27)29-3-7-4-30-14-10(13(24)22(14)11(7)15(25)26)20-12(23)9(21-28)8-5-31-17(18)19-8/h5,10,14,28H,1,3-4H2,2H3,(H2,18,19)(H,20,23)(H,25,26)/b21-9-/t10?,14-/m0/s1. The second-order valence-electron chi connectivity index (χ2n) is 6.49. The minimum atomic E-state index is -1.36. The number of anilines is 1. The Morgan fingerprint density at radius 2 is 2.19 bits per heavy atom. The third-order valence-electron chi connectivity index (χ3n) is 4.34. The lowest BCUT2D eigenvalue weighted by Crippen LogP contribution is -2.71. The molecule has 1 saturated heterocycles. The SMILES string of the molecule is C=C(C)C(=O)OCC1=C(C(=O)O)N2C(=O)C(NC(=O)/C(=N\O)c3csc(N)n3)[C@@H]2SC1. The molecule has 1 fully saturated rings. The van der Waals surface area contributed by atoms with Crippen LogP contribution in [0.15, 0.2) is 34.0 Å². The van der Waals surface area contributed by atoms with Crippen molar-refractivity contribution in [2.45, 2.75) is 18.3 Å². The largest absolute Gasteiger partial charge is 0.477 e. The Morgan fingerprint density at radius 3 is 2.74 bits per heavy atom. The Kier molecular flexibility index (Phi) is 6.31. The van der Waals surface area contributed by atoms with Crippen LogP contribution in [0.2, 0.25) is 0 Å². The molecule has 2 amide bonds. The molecule has 31 heavy (non-hydrogen) atoms. The third kappa shape index (κ3) is 4.25. The number of carbonyl (C=O) groups excluding carboxylic acids is 3. The van der Waals surface area contributed by atoms with Crippen LogP contribution in [0.25, 0.3) is 0 Å². The number of oxime groups is 1. The summed E-state index contributed by atoms with van der Waals surface area (Å²) in [6, 6.07) is -1.04. The number of nitrogen functional groups attached to an aromatic ring is 1. The molecule has 3 heterocycles. The van der Waals surface area contributed by atoms with Gasteiger partial charge in [-0.1, -0.05) is 11.7 Å². The zero-order valence-corrected chi connectivity index (χ0v) is 17.7. The van der Waals surface area contributed by atoms with E-state index in [1.807, 2.05) is 0 Å². The van der Waals surface area contributed by atoms with Crippen LogP contribution in [0.5, 0.6) is 0 Å². The number of aliphatic carboxylic acids is 1. The van der Waals surface area contributed by atoms with Crippen LogP contribution in [0.4, 0.5) is 5.13 Å². The number of ether oxygens (including phenoxy) is 1. The molecule has 0 spiro atoms. The van der Waals surface area contributed by atoms with Crippen molar-refractivity contribution >= 4 is 57.7 Å². The van der Waals surface area contributed by atoms with Crippen LogP contribution in [0.3, 0.4) is 0 Å². The fourth-order valence-corrected chi connectivity index (χ4v) is 4.76. The number of hydrogen-bond acceptors (Lipinski definition) is 11. The monoisotopic (exact) mass is 467 g/mol. The summed E-state index contributed by atoms with van der Waals surface area (Å²) in [5.74, 6) is -3.41. The van der Waals surface area contributed by atoms with Crippen LogP contribution in [-0.2, 0) is 23.9 Å². The van der Waals surface area contributed by atoms with Gasteiger partial charge in [-0.3, -0.25) is 14.5 Å². The molecular weight excluding hydrogens is 450 g/mol. The summed E-state index contributed by atoms with van der Waals surface area (Å²) >= 11 is 2.23. The first kappa shape index (κ1) is 22.3. The minimum Gasteiger partial charge on any atom is -0.477 e. The number of carboxylic acids is 1. The highest BCUT2D eigenvalue weighted by Gasteiger charge is 2.54. The van der Waals surface area contributed by atoms with E-state index in [0.29, 0.717) is 0 Å². The van der Waals surface area contributed by atoms with Crippen LogP contribution < -0.4 is 11.1 Å².